The maximum Gasteiger partial charge on any atom is 0.149 e. The molecule has 3 nitrogen and oxygen atoms in total. The van der Waals surface area contributed by atoms with Crippen LogP contribution in [0.15, 0.2) is 36.5 Å². The normalized spacial score (nSPS) is 24.1. The molecule has 4 heteroatoms. The third kappa shape index (κ3) is 2.16. The smallest absolute Gasteiger partial charge is 0.149 e. The zero-order valence-electron chi connectivity index (χ0n) is 9.97. The van der Waals surface area contributed by atoms with E-state index in [9.17, 15) is 4.39 Å². The van der Waals surface area contributed by atoms with Crippen LogP contribution in [0.2, 0.25) is 0 Å². The van der Waals surface area contributed by atoms with E-state index in [1.54, 1.807) is 6.20 Å². The lowest BCUT2D eigenvalue weighted by Gasteiger charge is -2.27. The minimum Gasteiger partial charge on any atom is -0.485 e. The lowest BCUT2D eigenvalue weighted by Crippen LogP contribution is -2.44. The van der Waals surface area contributed by atoms with Gasteiger partial charge in [-0.25, -0.2) is 4.39 Å². The summed E-state index contributed by atoms with van der Waals surface area (Å²) in [5.41, 5.74) is 0.797. The summed E-state index contributed by atoms with van der Waals surface area (Å²) in [6, 6.07) is 9.60. The zero-order chi connectivity index (χ0) is 12.4. The number of pyridine rings is 1. The van der Waals surface area contributed by atoms with E-state index in [1.807, 2.05) is 30.3 Å². The lowest BCUT2D eigenvalue weighted by atomic mass is 10.1. The average molecular weight is 246 g/mol. The number of nitrogens with one attached hydrogen (secondary N) is 1. The molecule has 2 aromatic rings. The van der Waals surface area contributed by atoms with Crippen LogP contribution in [0.4, 0.5) is 4.39 Å². The van der Waals surface area contributed by atoms with Crippen LogP contribution in [0.5, 0.6) is 5.75 Å². The van der Waals surface area contributed by atoms with Crippen LogP contribution in [0.25, 0.3) is 10.9 Å². The number of ether oxygens (including phenoxy) is 1. The summed E-state index contributed by atoms with van der Waals surface area (Å²) in [5.74, 6) is 0.669. The molecule has 1 fully saturated rings. The molecule has 0 bridgehead atoms. The first kappa shape index (κ1) is 11.4. The molecule has 0 saturated carbocycles. The van der Waals surface area contributed by atoms with Gasteiger partial charge in [0.05, 0.1) is 0 Å². The highest BCUT2D eigenvalue weighted by molar-refractivity contribution is 5.84. The molecule has 0 spiro atoms. The molecule has 18 heavy (non-hydrogen) atoms. The van der Waals surface area contributed by atoms with Crippen LogP contribution in [0.3, 0.4) is 0 Å². The molecule has 3 rings (SSSR count). The van der Waals surface area contributed by atoms with Gasteiger partial charge in [-0.2, -0.15) is 0 Å². The average Bonchev–Trinajstić information content (AvgIpc) is 2.42. The van der Waals surface area contributed by atoms with Gasteiger partial charge in [-0.1, -0.05) is 18.2 Å². The molecular weight excluding hydrogens is 231 g/mol. The number of piperidine rings is 1. The van der Waals surface area contributed by atoms with Crippen molar-refractivity contribution >= 4 is 10.9 Å². The highest BCUT2D eigenvalue weighted by Crippen LogP contribution is 2.26. The van der Waals surface area contributed by atoms with Crippen molar-refractivity contribution in [2.24, 2.45) is 0 Å². The largest absolute Gasteiger partial charge is 0.485 e. The summed E-state index contributed by atoms with van der Waals surface area (Å²) < 4.78 is 19.5. The van der Waals surface area contributed by atoms with Gasteiger partial charge in [0.25, 0.3) is 0 Å². The Balaban J connectivity index is 1.90. The number of hydrogen-bond acceptors (Lipinski definition) is 3. The third-order valence-electron chi connectivity index (χ3n) is 3.22. The molecule has 0 amide bonds. The Labute approximate surface area is 105 Å². The zero-order valence-corrected chi connectivity index (χ0v) is 9.97. The number of hydrogen-bond donors (Lipinski definition) is 1. The van der Waals surface area contributed by atoms with E-state index in [0.717, 1.165) is 17.4 Å². The van der Waals surface area contributed by atoms with E-state index in [2.05, 4.69) is 10.3 Å². The van der Waals surface area contributed by atoms with Gasteiger partial charge < -0.3 is 10.1 Å². The fourth-order valence-corrected chi connectivity index (χ4v) is 2.26. The lowest BCUT2D eigenvalue weighted by molar-refractivity contribution is 0.0742. The molecular formula is C14H15FN2O. The first-order valence-corrected chi connectivity index (χ1v) is 6.20. The van der Waals surface area contributed by atoms with Gasteiger partial charge in [0.2, 0.25) is 0 Å². The van der Waals surface area contributed by atoms with Crippen LogP contribution >= 0.6 is 0 Å². The number of para-hydroxylation sites is 1. The second-order valence-corrected chi connectivity index (χ2v) is 4.50. The summed E-state index contributed by atoms with van der Waals surface area (Å²) in [7, 11) is 0. The fraction of sp³-hybridized carbons (Fsp3) is 0.357. The van der Waals surface area contributed by atoms with E-state index in [0.29, 0.717) is 18.7 Å². The number of nitrogens with zero attached hydrogens (tertiary/aromatic N) is 1. The molecule has 1 N–H and O–H groups in total. The predicted molar refractivity (Wildman–Crippen MR) is 68.5 cm³/mol. The monoisotopic (exact) mass is 246 g/mol. The minimum atomic E-state index is -0.960. The maximum absolute atomic E-state index is 13.7. The van der Waals surface area contributed by atoms with Crippen LogP contribution in [-0.4, -0.2) is 30.3 Å². The Morgan fingerprint density at radius 2 is 2.17 bits per heavy atom. The molecule has 0 unspecified atom stereocenters. The third-order valence-corrected chi connectivity index (χ3v) is 3.22. The van der Waals surface area contributed by atoms with E-state index in [1.165, 1.54) is 0 Å². The van der Waals surface area contributed by atoms with Gasteiger partial charge in [0.15, 0.2) is 0 Å². The van der Waals surface area contributed by atoms with Crippen molar-refractivity contribution < 1.29 is 9.13 Å². The van der Waals surface area contributed by atoms with Gasteiger partial charge in [-0.05, 0) is 25.1 Å². The number of aromatic nitrogens is 1. The van der Waals surface area contributed by atoms with E-state index >= 15 is 0 Å². The summed E-state index contributed by atoms with van der Waals surface area (Å²) >= 11 is 0. The predicted octanol–water partition coefficient (Wildman–Crippen LogP) is 2.31. The van der Waals surface area contributed by atoms with Gasteiger partial charge in [0, 0.05) is 18.1 Å². The Kier molecular flexibility index (Phi) is 3.11. The first-order valence-electron chi connectivity index (χ1n) is 6.20. The number of alkyl halides is 1. The molecule has 2 atom stereocenters. The second kappa shape index (κ2) is 4.90. The summed E-state index contributed by atoms with van der Waals surface area (Å²) in [5, 5.41) is 4.03. The minimum absolute atomic E-state index is 0.364. The van der Waals surface area contributed by atoms with Crippen LogP contribution < -0.4 is 10.1 Å². The van der Waals surface area contributed by atoms with E-state index in [4.69, 9.17) is 4.74 Å². The van der Waals surface area contributed by atoms with Crippen molar-refractivity contribution in [3.8, 4) is 5.75 Å². The summed E-state index contributed by atoms with van der Waals surface area (Å²) in [6.07, 6.45) is 1.08. The molecule has 1 aliphatic rings. The molecule has 0 aliphatic carbocycles. The van der Waals surface area contributed by atoms with Crippen LogP contribution in [0.1, 0.15) is 6.42 Å². The van der Waals surface area contributed by atoms with Crippen molar-refractivity contribution in [3.63, 3.8) is 0 Å². The molecule has 2 heterocycles. The number of rotatable bonds is 2. The van der Waals surface area contributed by atoms with Crippen molar-refractivity contribution in [1.29, 1.82) is 0 Å². The van der Waals surface area contributed by atoms with E-state index in [-0.39, 0.29) is 6.10 Å². The molecule has 1 saturated heterocycles. The van der Waals surface area contributed by atoms with Gasteiger partial charge >= 0.3 is 0 Å². The Morgan fingerprint density at radius 1 is 1.28 bits per heavy atom. The first-order chi connectivity index (χ1) is 8.84. The molecule has 0 radical (unpaired) electrons. The Bertz CT molecular complexity index is 541. The number of fused-ring (bicyclic) bond motifs is 1. The van der Waals surface area contributed by atoms with Gasteiger partial charge in [-0.15, -0.1) is 0 Å². The number of halogens is 1. The van der Waals surface area contributed by atoms with Crippen molar-refractivity contribution in [1.82, 2.24) is 10.3 Å². The molecule has 1 aromatic heterocycles. The fourth-order valence-electron chi connectivity index (χ4n) is 2.26. The van der Waals surface area contributed by atoms with Crippen molar-refractivity contribution in [3.05, 3.63) is 36.5 Å². The van der Waals surface area contributed by atoms with Gasteiger partial charge in [0.1, 0.15) is 23.5 Å². The highest BCUT2D eigenvalue weighted by Gasteiger charge is 2.26. The summed E-state index contributed by atoms with van der Waals surface area (Å²) in [4.78, 5) is 4.31. The SMILES string of the molecule is F[C@@H]1CNCC[C@@H]1Oc1cccc2cccnc12. The Hall–Kier alpha value is -1.68. The standard InChI is InChI=1S/C14H15FN2O/c15-11-9-16-8-6-12(11)18-13-5-1-3-10-4-2-7-17-14(10)13/h1-5,7,11-12,16H,6,8-9H2/t11-,12+/m1/s1. The van der Waals surface area contributed by atoms with Gasteiger partial charge in [-0.3, -0.25) is 4.98 Å². The highest BCUT2D eigenvalue weighted by atomic mass is 19.1. The second-order valence-electron chi connectivity index (χ2n) is 4.50. The topological polar surface area (TPSA) is 34.1 Å². The number of benzene rings is 1. The quantitative estimate of drug-likeness (QED) is 0.883. The Morgan fingerprint density at radius 3 is 3.06 bits per heavy atom. The molecule has 94 valence electrons. The van der Waals surface area contributed by atoms with Crippen molar-refractivity contribution in [2.45, 2.75) is 18.7 Å². The molecule has 1 aliphatic heterocycles. The molecule has 1 aromatic carbocycles. The van der Waals surface area contributed by atoms with Crippen LogP contribution in [0, 0.1) is 0 Å². The van der Waals surface area contributed by atoms with E-state index < -0.39 is 6.17 Å². The summed E-state index contributed by atoms with van der Waals surface area (Å²) in [6.45, 7) is 1.16. The van der Waals surface area contributed by atoms with Crippen LogP contribution in [-0.2, 0) is 0 Å². The van der Waals surface area contributed by atoms with Crippen molar-refractivity contribution in [2.75, 3.05) is 13.1 Å². The maximum atomic E-state index is 13.7.